The molecule has 1 aromatic rings. The highest BCUT2D eigenvalue weighted by molar-refractivity contribution is 5.85. The number of carbonyl (C=O) groups excluding carboxylic acids is 1. The van der Waals surface area contributed by atoms with Crippen molar-refractivity contribution in [1.29, 1.82) is 0 Å². The van der Waals surface area contributed by atoms with Crippen LogP contribution in [-0.4, -0.2) is 30.0 Å². The summed E-state index contributed by atoms with van der Waals surface area (Å²) in [5, 5.41) is 6.12. The van der Waals surface area contributed by atoms with Crippen molar-refractivity contribution >= 4 is 24.1 Å². The molecule has 2 atom stereocenters. The van der Waals surface area contributed by atoms with E-state index in [2.05, 4.69) is 15.6 Å². The SMILES string of the molecule is CCC(C)C(N)C(=O)NCCCCNc1ccccn1.Cl. The Morgan fingerprint density at radius 3 is 2.67 bits per heavy atom. The van der Waals surface area contributed by atoms with E-state index in [4.69, 9.17) is 5.73 Å². The molecule has 0 aliphatic heterocycles. The molecule has 1 aromatic heterocycles. The molecule has 0 spiro atoms. The van der Waals surface area contributed by atoms with E-state index in [0.29, 0.717) is 6.54 Å². The molecule has 0 saturated carbocycles. The molecular formula is C15H27ClN4O. The van der Waals surface area contributed by atoms with Gasteiger partial charge >= 0.3 is 0 Å². The number of nitrogens with one attached hydrogen (secondary N) is 2. The first-order valence-electron chi connectivity index (χ1n) is 7.33. The minimum Gasteiger partial charge on any atom is -0.370 e. The van der Waals surface area contributed by atoms with Gasteiger partial charge in [0.1, 0.15) is 5.82 Å². The maximum absolute atomic E-state index is 11.7. The predicted octanol–water partition coefficient (Wildman–Crippen LogP) is 2.19. The number of amides is 1. The number of aromatic nitrogens is 1. The summed E-state index contributed by atoms with van der Waals surface area (Å²) < 4.78 is 0. The lowest BCUT2D eigenvalue weighted by molar-refractivity contribution is -0.123. The van der Waals surface area contributed by atoms with Crippen molar-refractivity contribution < 1.29 is 4.79 Å². The van der Waals surface area contributed by atoms with E-state index in [0.717, 1.165) is 31.6 Å². The Hall–Kier alpha value is -1.33. The van der Waals surface area contributed by atoms with Gasteiger partial charge in [0.05, 0.1) is 6.04 Å². The second-order valence-electron chi connectivity index (χ2n) is 5.05. The van der Waals surface area contributed by atoms with Gasteiger partial charge in [-0.1, -0.05) is 26.3 Å². The molecule has 0 fully saturated rings. The van der Waals surface area contributed by atoms with Crippen LogP contribution in [0.3, 0.4) is 0 Å². The van der Waals surface area contributed by atoms with E-state index in [-0.39, 0.29) is 24.2 Å². The summed E-state index contributed by atoms with van der Waals surface area (Å²) >= 11 is 0. The zero-order valence-electron chi connectivity index (χ0n) is 12.8. The number of nitrogens with two attached hydrogens (primary N) is 1. The molecule has 2 unspecified atom stereocenters. The summed E-state index contributed by atoms with van der Waals surface area (Å²) in [6.45, 7) is 5.57. The number of nitrogens with zero attached hydrogens (tertiary/aromatic N) is 1. The average molecular weight is 315 g/mol. The zero-order chi connectivity index (χ0) is 14.8. The van der Waals surface area contributed by atoms with Crippen LogP contribution < -0.4 is 16.4 Å². The largest absolute Gasteiger partial charge is 0.370 e. The Bertz CT molecular complexity index is 389. The second-order valence-corrected chi connectivity index (χ2v) is 5.05. The molecule has 120 valence electrons. The van der Waals surface area contributed by atoms with E-state index in [1.165, 1.54) is 0 Å². The molecule has 0 saturated heterocycles. The van der Waals surface area contributed by atoms with Gasteiger partial charge in [-0.05, 0) is 30.9 Å². The third-order valence-electron chi connectivity index (χ3n) is 3.43. The topological polar surface area (TPSA) is 80.0 Å². The van der Waals surface area contributed by atoms with Crippen molar-refractivity contribution in [3.8, 4) is 0 Å². The van der Waals surface area contributed by atoms with Gasteiger partial charge in [0.2, 0.25) is 5.91 Å². The van der Waals surface area contributed by atoms with Gasteiger partial charge in [0, 0.05) is 19.3 Å². The molecule has 0 aliphatic carbocycles. The Kier molecular flexibility index (Phi) is 10.6. The molecule has 0 bridgehead atoms. The predicted molar refractivity (Wildman–Crippen MR) is 89.6 cm³/mol. The molecule has 0 radical (unpaired) electrons. The number of hydrogen-bond acceptors (Lipinski definition) is 4. The molecule has 0 aliphatic rings. The molecule has 1 amide bonds. The van der Waals surface area contributed by atoms with Crippen molar-refractivity contribution in [2.75, 3.05) is 18.4 Å². The summed E-state index contributed by atoms with van der Waals surface area (Å²) in [5.41, 5.74) is 5.86. The van der Waals surface area contributed by atoms with Crippen molar-refractivity contribution in [2.45, 2.75) is 39.2 Å². The lowest BCUT2D eigenvalue weighted by Crippen LogP contribution is -2.44. The Morgan fingerprint density at radius 2 is 2.05 bits per heavy atom. The first kappa shape index (κ1) is 19.7. The number of pyridine rings is 1. The summed E-state index contributed by atoms with van der Waals surface area (Å²) in [6.07, 6.45) is 4.59. The van der Waals surface area contributed by atoms with Crippen LogP contribution in [0.25, 0.3) is 0 Å². The molecule has 0 aromatic carbocycles. The van der Waals surface area contributed by atoms with Crippen LogP contribution in [0.15, 0.2) is 24.4 Å². The highest BCUT2D eigenvalue weighted by Crippen LogP contribution is 2.05. The van der Waals surface area contributed by atoms with Crippen molar-refractivity contribution in [3.63, 3.8) is 0 Å². The van der Waals surface area contributed by atoms with E-state index in [1.54, 1.807) is 6.20 Å². The lowest BCUT2D eigenvalue weighted by Gasteiger charge is -2.17. The van der Waals surface area contributed by atoms with Crippen LogP contribution in [0.2, 0.25) is 0 Å². The highest BCUT2D eigenvalue weighted by atomic mass is 35.5. The van der Waals surface area contributed by atoms with Crippen LogP contribution in [0, 0.1) is 5.92 Å². The summed E-state index contributed by atoms with van der Waals surface area (Å²) in [6, 6.07) is 5.38. The fourth-order valence-electron chi connectivity index (χ4n) is 1.78. The van der Waals surface area contributed by atoms with Gasteiger partial charge in [-0.3, -0.25) is 4.79 Å². The molecule has 6 heteroatoms. The maximum Gasteiger partial charge on any atom is 0.237 e. The number of unbranched alkanes of at least 4 members (excludes halogenated alkanes) is 1. The fraction of sp³-hybridized carbons (Fsp3) is 0.600. The van der Waals surface area contributed by atoms with Gasteiger partial charge in [-0.2, -0.15) is 0 Å². The van der Waals surface area contributed by atoms with E-state index in [1.807, 2.05) is 32.0 Å². The van der Waals surface area contributed by atoms with Crippen LogP contribution in [0.1, 0.15) is 33.1 Å². The first-order valence-corrected chi connectivity index (χ1v) is 7.33. The number of rotatable bonds is 9. The van der Waals surface area contributed by atoms with Crippen molar-refractivity contribution in [1.82, 2.24) is 10.3 Å². The number of carbonyl (C=O) groups is 1. The number of anilines is 1. The smallest absolute Gasteiger partial charge is 0.237 e. The highest BCUT2D eigenvalue weighted by Gasteiger charge is 2.18. The maximum atomic E-state index is 11.7. The first-order chi connectivity index (χ1) is 9.65. The van der Waals surface area contributed by atoms with Gasteiger partial charge in [0.25, 0.3) is 0 Å². The third kappa shape index (κ3) is 7.87. The molecule has 21 heavy (non-hydrogen) atoms. The summed E-state index contributed by atoms with van der Waals surface area (Å²) in [5.74, 6) is 1.06. The fourth-order valence-corrected chi connectivity index (χ4v) is 1.78. The third-order valence-corrected chi connectivity index (χ3v) is 3.43. The Balaban J connectivity index is 0.00000400. The van der Waals surface area contributed by atoms with E-state index < -0.39 is 6.04 Å². The number of halogens is 1. The van der Waals surface area contributed by atoms with Gasteiger partial charge in [-0.15, -0.1) is 12.4 Å². The van der Waals surface area contributed by atoms with Crippen LogP contribution in [0.4, 0.5) is 5.82 Å². The minimum absolute atomic E-state index is 0. The summed E-state index contributed by atoms with van der Waals surface area (Å²) in [7, 11) is 0. The van der Waals surface area contributed by atoms with Crippen molar-refractivity contribution in [2.24, 2.45) is 11.7 Å². The molecule has 5 nitrogen and oxygen atoms in total. The quantitative estimate of drug-likeness (QED) is 0.610. The van der Waals surface area contributed by atoms with Crippen LogP contribution in [0.5, 0.6) is 0 Å². The molecule has 4 N–H and O–H groups in total. The van der Waals surface area contributed by atoms with Crippen LogP contribution >= 0.6 is 12.4 Å². The number of hydrogen-bond donors (Lipinski definition) is 3. The average Bonchev–Trinajstić information content (AvgIpc) is 2.49. The second kappa shape index (κ2) is 11.3. The standard InChI is InChI=1S/C15H26N4O.ClH/c1-3-12(2)14(16)15(20)19-11-7-6-10-18-13-8-4-5-9-17-13;/h4-5,8-9,12,14H,3,6-7,10-11,16H2,1-2H3,(H,17,18)(H,19,20);1H. The Labute approximate surface area is 133 Å². The molecule has 1 heterocycles. The monoisotopic (exact) mass is 314 g/mol. The minimum atomic E-state index is -0.397. The van der Waals surface area contributed by atoms with Gasteiger partial charge in [0.15, 0.2) is 0 Å². The van der Waals surface area contributed by atoms with Gasteiger partial charge in [-0.25, -0.2) is 4.98 Å². The van der Waals surface area contributed by atoms with Crippen LogP contribution in [-0.2, 0) is 4.79 Å². The lowest BCUT2D eigenvalue weighted by atomic mass is 9.99. The van der Waals surface area contributed by atoms with Gasteiger partial charge < -0.3 is 16.4 Å². The normalized spacial score (nSPS) is 12.9. The Morgan fingerprint density at radius 1 is 1.33 bits per heavy atom. The van der Waals surface area contributed by atoms with E-state index >= 15 is 0 Å². The summed E-state index contributed by atoms with van der Waals surface area (Å²) in [4.78, 5) is 15.9. The molecular weight excluding hydrogens is 288 g/mol. The molecule has 1 rings (SSSR count). The van der Waals surface area contributed by atoms with Crippen molar-refractivity contribution in [3.05, 3.63) is 24.4 Å². The van der Waals surface area contributed by atoms with E-state index in [9.17, 15) is 4.79 Å². The zero-order valence-corrected chi connectivity index (χ0v) is 13.7.